The number of halogens is 3. The normalized spacial score (nSPS) is 17.0. The zero-order valence-corrected chi connectivity index (χ0v) is 10.8. The quantitative estimate of drug-likeness (QED) is 0.795. The van der Waals surface area contributed by atoms with Gasteiger partial charge in [-0.3, -0.25) is 4.79 Å². The van der Waals surface area contributed by atoms with E-state index in [0.29, 0.717) is 34.7 Å². The molecule has 0 atom stereocenters. The highest BCUT2D eigenvalue weighted by molar-refractivity contribution is 9.10. The lowest BCUT2D eigenvalue weighted by Gasteiger charge is -2.19. The summed E-state index contributed by atoms with van der Waals surface area (Å²) in [4.78, 5) is 10.9. The Bertz CT molecular complexity index is 456. The molecule has 1 aromatic carbocycles. The molecule has 0 aliphatic heterocycles. The Hall–Kier alpha value is -0.970. The van der Waals surface area contributed by atoms with Crippen LogP contribution in [0, 0.1) is 0 Å². The number of methoxy groups -OCH3 is 1. The molecule has 0 amide bonds. The van der Waals surface area contributed by atoms with Crippen molar-refractivity contribution in [2.24, 2.45) is 0 Å². The highest BCUT2D eigenvalue weighted by atomic mass is 79.9. The van der Waals surface area contributed by atoms with Crippen molar-refractivity contribution in [1.29, 1.82) is 0 Å². The Labute approximate surface area is 106 Å². The monoisotopic (exact) mass is 304 g/mol. The van der Waals surface area contributed by atoms with E-state index in [4.69, 9.17) is 4.74 Å². The molecule has 5 heteroatoms. The third-order valence-electron chi connectivity index (χ3n) is 3.16. The van der Waals surface area contributed by atoms with Crippen LogP contribution in [0.5, 0.6) is 5.75 Å². The summed E-state index contributed by atoms with van der Waals surface area (Å²) in [7, 11) is 1.39. The fourth-order valence-electron chi connectivity index (χ4n) is 2.04. The minimum Gasteiger partial charge on any atom is -0.496 e. The molecule has 1 aromatic rings. The van der Waals surface area contributed by atoms with Crippen molar-refractivity contribution in [2.45, 2.75) is 24.7 Å². The predicted molar refractivity (Wildman–Crippen MR) is 63.0 cm³/mol. The highest BCUT2D eigenvalue weighted by Gasteiger charge is 2.54. The number of rotatable bonds is 4. The number of hydrogen-bond donors (Lipinski definition) is 0. The Morgan fingerprint density at radius 2 is 2.12 bits per heavy atom. The first-order valence-electron chi connectivity index (χ1n) is 5.16. The molecule has 0 saturated heterocycles. The summed E-state index contributed by atoms with van der Waals surface area (Å²) in [6, 6.07) is 3.18. The topological polar surface area (TPSA) is 26.3 Å². The van der Waals surface area contributed by atoms with E-state index in [2.05, 4.69) is 15.9 Å². The minimum atomic E-state index is -2.44. The number of carbonyl (C=O) groups is 1. The maximum atomic E-state index is 13.1. The maximum Gasteiger partial charge on any atom is 0.248 e. The minimum absolute atomic E-state index is 0.265. The van der Waals surface area contributed by atoms with E-state index in [-0.39, 0.29) is 5.75 Å². The van der Waals surface area contributed by atoms with Crippen LogP contribution in [0.2, 0.25) is 0 Å². The van der Waals surface area contributed by atoms with Crippen LogP contribution in [0.1, 0.15) is 28.8 Å². The van der Waals surface area contributed by atoms with Crippen LogP contribution >= 0.6 is 15.9 Å². The van der Waals surface area contributed by atoms with E-state index >= 15 is 0 Å². The molecule has 0 bridgehead atoms. The molecule has 0 spiro atoms. The van der Waals surface area contributed by atoms with Gasteiger partial charge in [0.15, 0.2) is 6.29 Å². The van der Waals surface area contributed by atoms with Gasteiger partial charge in [-0.05, 0) is 25.0 Å². The number of carbonyl (C=O) groups excluding carboxylic acids is 1. The second kappa shape index (κ2) is 4.37. The molecule has 1 saturated carbocycles. The lowest BCUT2D eigenvalue weighted by atomic mass is 9.93. The van der Waals surface area contributed by atoms with Crippen molar-refractivity contribution in [1.82, 2.24) is 0 Å². The molecule has 0 unspecified atom stereocenters. The predicted octanol–water partition coefficient (Wildman–Crippen LogP) is 3.57. The van der Waals surface area contributed by atoms with Gasteiger partial charge in [0.05, 0.1) is 18.1 Å². The summed E-state index contributed by atoms with van der Waals surface area (Å²) in [5, 5.41) is 0. The van der Waals surface area contributed by atoms with Crippen LogP contribution in [0.25, 0.3) is 0 Å². The Balaban J connectivity index is 2.60. The molecule has 1 aliphatic carbocycles. The third kappa shape index (κ3) is 1.97. The first kappa shape index (κ1) is 12.5. The zero-order chi connectivity index (χ0) is 12.6. The first-order valence-corrected chi connectivity index (χ1v) is 5.96. The molecule has 92 valence electrons. The molecule has 0 N–H and O–H groups in total. The van der Waals surface area contributed by atoms with Gasteiger partial charge in [0.25, 0.3) is 0 Å². The fraction of sp³-hybridized carbons (Fsp3) is 0.417. The average molecular weight is 305 g/mol. The van der Waals surface area contributed by atoms with Crippen molar-refractivity contribution in [3.05, 3.63) is 27.7 Å². The number of benzene rings is 1. The molecule has 0 heterocycles. The Kier molecular flexibility index (Phi) is 3.21. The van der Waals surface area contributed by atoms with Gasteiger partial charge in [-0.2, -0.15) is 0 Å². The van der Waals surface area contributed by atoms with Crippen molar-refractivity contribution in [3.8, 4) is 5.75 Å². The van der Waals surface area contributed by atoms with Crippen LogP contribution in [0.4, 0.5) is 8.78 Å². The molecule has 1 aliphatic rings. The molecular weight excluding hydrogens is 294 g/mol. The largest absolute Gasteiger partial charge is 0.496 e. The van der Waals surface area contributed by atoms with Crippen molar-refractivity contribution >= 4 is 22.2 Å². The number of alkyl halides is 2. The lowest BCUT2D eigenvalue weighted by molar-refractivity contribution is 0.0998. The van der Waals surface area contributed by atoms with Gasteiger partial charge in [-0.15, -0.1) is 0 Å². The van der Waals surface area contributed by atoms with E-state index in [1.54, 1.807) is 12.1 Å². The Morgan fingerprint density at radius 3 is 2.53 bits per heavy atom. The van der Waals surface area contributed by atoms with E-state index in [9.17, 15) is 13.6 Å². The van der Waals surface area contributed by atoms with Crippen LogP contribution in [-0.2, 0) is 5.41 Å². The van der Waals surface area contributed by atoms with Crippen LogP contribution in [-0.4, -0.2) is 19.8 Å². The summed E-state index contributed by atoms with van der Waals surface area (Å²) >= 11 is 3.23. The van der Waals surface area contributed by atoms with E-state index in [1.807, 2.05) is 0 Å². The summed E-state index contributed by atoms with van der Waals surface area (Å²) in [5.74, 6) is 0.265. The summed E-state index contributed by atoms with van der Waals surface area (Å²) in [6.45, 7) is 0. The van der Waals surface area contributed by atoms with Crippen LogP contribution in [0.3, 0.4) is 0 Å². The molecule has 2 nitrogen and oxygen atoms in total. The molecular formula is C12H11BrF2O2. The SMILES string of the molecule is COc1c(C=O)cc(Br)cc1C1(C(F)F)CC1. The number of aldehydes is 1. The van der Waals surface area contributed by atoms with Gasteiger partial charge >= 0.3 is 0 Å². The first-order chi connectivity index (χ1) is 8.05. The van der Waals surface area contributed by atoms with Crippen molar-refractivity contribution in [2.75, 3.05) is 7.11 Å². The van der Waals surface area contributed by atoms with Crippen LogP contribution < -0.4 is 4.74 Å². The maximum absolute atomic E-state index is 13.1. The zero-order valence-electron chi connectivity index (χ0n) is 9.17. The van der Waals surface area contributed by atoms with Gasteiger partial charge in [-0.1, -0.05) is 15.9 Å². The van der Waals surface area contributed by atoms with E-state index < -0.39 is 11.8 Å². The number of hydrogen-bond acceptors (Lipinski definition) is 2. The molecule has 17 heavy (non-hydrogen) atoms. The van der Waals surface area contributed by atoms with Gasteiger partial charge in [0.1, 0.15) is 5.75 Å². The number of ether oxygens (including phenoxy) is 1. The summed E-state index contributed by atoms with van der Waals surface area (Å²) in [5.41, 5.74) is -0.414. The Morgan fingerprint density at radius 1 is 1.47 bits per heavy atom. The third-order valence-corrected chi connectivity index (χ3v) is 3.61. The summed E-state index contributed by atoms with van der Waals surface area (Å²) in [6.07, 6.45) is -0.967. The lowest BCUT2D eigenvalue weighted by Crippen LogP contribution is -2.19. The van der Waals surface area contributed by atoms with E-state index in [0.717, 1.165) is 0 Å². The van der Waals surface area contributed by atoms with Gasteiger partial charge in [-0.25, -0.2) is 8.78 Å². The van der Waals surface area contributed by atoms with Crippen molar-refractivity contribution < 1.29 is 18.3 Å². The van der Waals surface area contributed by atoms with Crippen molar-refractivity contribution in [3.63, 3.8) is 0 Å². The smallest absolute Gasteiger partial charge is 0.248 e. The molecule has 2 rings (SSSR count). The van der Waals surface area contributed by atoms with E-state index in [1.165, 1.54) is 7.11 Å². The molecule has 0 aromatic heterocycles. The fourth-order valence-corrected chi connectivity index (χ4v) is 2.52. The van der Waals surface area contributed by atoms with Gasteiger partial charge in [0.2, 0.25) is 6.43 Å². The van der Waals surface area contributed by atoms with Crippen LogP contribution in [0.15, 0.2) is 16.6 Å². The highest BCUT2D eigenvalue weighted by Crippen LogP contribution is 2.56. The molecule has 0 radical (unpaired) electrons. The standard InChI is InChI=1S/C12H11BrF2O2/c1-17-10-7(6-16)4-8(13)5-9(10)12(2-3-12)11(14)15/h4-6,11H,2-3H2,1H3. The molecule has 1 fully saturated rings. The summed E-state index contributed by atoms with van der Waals surface area (Å²) < 4.78 is 31.9. The second-order valence-corrected chi connectivity index (χ2v) is 5.07. The second-order valence-electron chi connectivity index (χ2n) is 4.15. The van der Waals surface area contributed by atoms with Gasteiger partial charge < -0.3 is 4.74 Å². The average Bonchev–Trinajstić information content (AvgIpc) is 3.08. The van der Waals surface area contributed by atoms with Gasteiger partial charge in [0, 0.05) is 10.0 Å².